The number of piperidine rings is 1. The maximum Gasteiger partial charge on any atom is 0.233 e. The predicted octanol–water partition coefficient (Wildman–Crippen LogP) is 1.56. The third-order valence-corrected chi connectivity index (χ3v) is 4.04. The van der Waals surface area contributed by atoms with Gasteiger partial charge in [0, 0.05) is 19.2 Å². The van der Waals surface area contributed by atoms with E-state index in [4.69, 9.17) is 4.74 Å². The minimum atomic E-state index is 0.147. The molecule has 2 aromatic heterocycles. The van der Waals surface area contributed by atoms with Crippen LogP contribution >= 0.6 is 0 Å². The van der Waals surface area contributed by atoms with E-state index in [0.717, 1.165) is 32.5 Å². The summed E-state index contributed by atoms with van der Waals surface area (Å²) < 4.78 is 7.42. The summed E-state index contributed by atoms with van der Waals surface area (Å²) in [5.41, 5.74) is 1.95. The number of tetrazole rings is 1. The molecule has 7 heteroatoms. The third kappa shape index (κ3) is 3.29. The highest BCUT2D eigenvalue weighted by atomic mass is 16.5. The Kier molecular flexibility index (Phi) is 3.85. The fraction of sp³-hybridized carbons (Fsp3) is 0.375. The van der Waals surface area contributed by atoms with Crippen LogP contribution in [0.3, 0.4) is 0 Å². The molecule has 0 saturated carbocycles. The van der Waals surface area contributed by atoms with E-state index in [-0.39, 0.29) is 6.10 Å². The molecule has 0 spiro atoms. The summed E-state index contributed by atoms with van der Waals surface area (Å²) in [4.78, 5) is 2.43. The summed E-state index contributed by atoms with van der Waals surface area (Å²) in [5, 5.41) is 15.5. The van der Waals surface area contributed by atoms with Gasteiger partial charge in [-0.25, -0.2) is 0 Å². The summed E-state index contributed by atoms with van der Waals surface area (Å²) in [7, 11) is 0. The first kappa shape index (κ1) is 14.1. The Morgan fingerprint density at radius 2 is 2.04 bits per heavy atom. The molecule has 0 aliphatic carbocycles. The van der Waals surface area contributed by atoms with Crippen molar-refractivity contribution in [2.24, 2.45) is 0 Å². The van der Waals surface area contributed by atoms with Crippen molar-refractivity contribution in [3.63, 3.8) is 0 Å². The Balaban J connectivity index is 1.40. The SMILES string of the molecule is c1ccc(CN2CCCC(Oc3ccc4nnnn4n3)C2)cc1. The van der Waals surface area contributed by atoms with Crippen LogP contribution in [-0.2, 0) is 6.54 Å². The van der Waals surface area contributed by atoms with Crippen molar-refractivity contribution >= 4 is 5.65 Å². The van der Waals surface area contributed by atoms with E-state index in [1.54, 1.807) is 0 Å². The Hall–Kier alpha value is -2.54. The van der Waals surface area contributed by atoms with E-state index >= 15 is 0 Å². The van der Waals surface area contributed by atoms with Gasteiger partial charge in [0.05, 0.1) is 0 Å². The maximum atomic E-state index is 6.03. The molecule has 118 valence electrons. The Labute approximate surface area is 133 Å². The lowest BCUT2D eigenvalue weighted by molar-refractivity contribution is 0.0797. The van der Waals surface area contributed by atoms with Crippen molar-refractivity contribution < 1.29 is 4.74 Å². The molecule has 7 nitrogen and oxygen atoms in total. The first-order chi connectivity index (χ1) is 11.4. The van der Waals surface area contributed by atoms with Crippen LogP contribution in [0.15, 0.2) is 42.5 Å². The fourth-order valence-electron chi connectivity index (χ4n) is 2.96. The highest BCUT2D eigenvalue weighted by molar-refractivity contribution is 5.34. The van der Waals surface area contributed by atoms with E-state index in [2.05, 4.69) is 49.8 Å². The van der Waals surface area contributed by atoms with Crippen LogP contribution in [0, 0.1) is 0 Å². The molecular formula is C16H18N6O. The van der Waals surface area contributed by atoms with E-state index < -0.39 is 0 Å². The lowest BCUT2D eigenvalue weighted by Crippen LogP contribution is -2.40. The zero-order chi connectivity index (χ0) is 15.5. The highest BCUT2D eigenvalue weighted by Crippen LogP contribution is 2.18. The second-order valence-corrected chi connectivity index (χ2v) is 5.80. The van der Waals surface area contributed by atoms with Crippen LogP contribution in [0.4, 0.5) is 0 Å². The number of hydrogen-bond acceptors (Lipinski definition) is 6. The van der Waals surface area contributed by atoms with E-state index in [1.807, 2.05) is 18.2 Å². The zero-order valence-corrected chi connectivity index (χ0v) is 12.7. The third-order valence-electron chi connectivity index (χ3n) is 4.04. The monoisotopic (exact) mass is 310 g/mol. The van der Waals surface area contributed by atoms with Crippen LogP contribution in [0.25, 0.3) is 5.65 Å². The Bertz CT molecular complexity index is 774. The molecule has 0 N–H and O–H groups in total. The van der Waals surface area contributed by atoms with Gasteiger partial charge in [-0.2, -0.15) is 0 Å². The molecule has 1 fully saturated rings. The number of nitrogens with zero attached hydrogens (tertiary/aromatic N) is 6. The molecule has 0 amide bonds. The van der Waals surface area contributed by atoms with Crippen molar-refractivity contribution in [1.29, 1.82) is 0 Å². The van der Waals surface area contributed by atoms with Crippen LogP contribution in [0.2, 0.25) is 0 Å². The van der Waals surface area contributed by atoms with Gasteiger partial charge in [0.1, 0.15) is 6.10 Å². The van der Waals surface area contributed by atoms with Gasteiger partial charge in [0.25, 0.3) is 0 Å². The molecule has 0 bridgehead atoms. The molecule has 1 aliphatic rings. The summed E-state index contributed by atoms with van der Waals surface area (Å²) in [6.07, 6.45) is 2.32. The highest BCUT2D eigenvalue weighted by Gasteiger charge is 2.22. The minimum Gasteiger partial charge on any atom is -0.472 e. The van der Waals surface area contributed by atoms with Crippen LogP contribution < -0.4 is 4.74 Å². The maximum absolute atomic E-state index is 6.03. The van der Waals surface area contributed by atoms with Gasteiger partial charge in [-0.1, -0.05) is 30.3 Å². The Morgan fingerprint density at radius 1 is 1.13 bits per heavy atom. The van der Waals surface area contributed by atoms with Crippen LogP contribution in [-0.4, -0.2) is 49.3 Å². The lowest BCUT2D eigenvalue weighted by atomic mass is 10.1. The molecule has 1 atom stereocenters. The van der Waals surface area contributed by atoms with Gasteiger partial charge in [-0.15, -0.1) is 14.8 Å². The van der Waals surface area contributed by atoms with Crippen LogP contribution in [0.5, 0.6) is 5.88 Å². The minimum absolute atomic E-state index is 0.147. The summed E-state index contributed by atoms with van der Waals surface area (Å²) >= 11 is 0. The number of aromatic nitrogens is 5. The van der Waals surface area contributed by atoms with Gasteiger partial charge in [-0.05, 0) is 41.4 Å². The van der Waals surface area contributed by atoms with E-state index in [1.165, 1.54) is 10.2 Å². The lowest BCUT2D eigenvalue weighted by Gasteiger charge is -2.32. The van der Waals surface area contributed by atoms with Crippen LogP contribution in [0.1, 0.15) is 18.4 Å². The van der Waals surface area contributed by atoms with Crippen molar-refractivity contribution in [2.75, 3.05) is 13.1 Å². The number of hydrogen-bond donors (Lipinski definition) is 0. The molecule has 23 heavy (non-hydrogen) atoms. The normalized spacial score (nSPS) is 19.0. The second-order valence-electron chi connectivity index (χ2n) is 5.80. The summed E-state index contributed by atoms with van der Waals surface area (Å²) in [5.74, 6) is 0.566. The average Bonchev–Trinajstić information content (AvgIpc) is 3.04. The van der Waals surface area contributed by atoms with E-state index in [9.17, 15) is 0 Å². The van der Waals surface area contributed by atoms with Crippen molar-refractivity contribution in [3.05, 3.63) is 48.0 Å². The number of rotatable bonds is 4. The first-order valence-electron chi connectivity index (χ1n) is 7.85. The molecule has 1 aliphatic heterocycles. The standard InChI is InChI=1S/C16H18N6O/c1-2-5-13(6-3-1)11-21-10-4-7-14(12-21)23-16-9-8-15-17-19-20-22(15)18-16/h1-3,5-6,8-9,14H,4,7,10-12H2. The van der Waals surface area contributed by atoms with Gasteiger partial charge < -0.3 is 4.74 Å². The van der Waals surface area contributed by atoms with Gasteiger partial charge >= 0.3 is 0 Å². The van der Waals surface area contributed by atoms with Gasteiger partial charge in [0.15, 0.2) is 5.65 Å². The summed E-state index contributed by atoms with van der Waals surface area (Å²) in [6, 6.07) is 14.2. The molecule has 1 saturated heterocycles. The average molecular weight is 310 g/mol. The van der Waals surface area contributed by atoms with Gasteiger partial charge in [-0.3, -0.25) is 4.90 Å². The van der Waals surface area contributed by atoms with Crippen molar-refractivity contribution in [2.45, 2.75) is 25.5 Å². The zero-order valence-electron chi connectivity index (χ0n) is 12.7. The quantitative estimate of drug-likeness (QED) is 0.728. The number of ether oxygens (including phenoxy) is 1. The van der Waals surface area contributed by atoms with Crippen molar-refractivity contribution in [1.82, 2.24) is 30.2 Å². The molecule has 0 radical (unpaired) electrons. The smallest absolute Gasteiger partial charge is 0.233 e. The molecular weight excluding hydrogens is 292 g/mol. The Morgan fingerprint density at radius 3 is 2.96 bits per heavy atom. The largest absolute Gasteiger partial charge is 0.472 e. The first-order valence-corrected chi connectivity index (χ1v) is 7.85. The number of benzene rings is 1. The van der Waals surface area contributed by atoms with Crippen molar-refractivity contribution in [3.8, 4) is 5.88 Å². The fourth-order valence-corrected chi connectivity index (χ4v) is 2.96. The number of fused-ring (bicyclic) bond motifs is 1. The van der Waals surface area contributed by atoms with E-state index in [0.29, 0.717) is 11.5 Å². The molecule has 4 rings (SSSR count). The predicted molar refractivity (Wildman–Crippen MR) is 83.9 cm³/mol. The molecule has 1 aromatic carbocycles. The summed E-state index contributed by atoms with van der Waals surface area (Å²) in [6.45, 7) is 2.97. The van der Waals surface area contributed by atoms with Gasteiger partial charge in [0.2, 0.25) is 5.88 Å². The molecule has 3 aromatic rings. The second kappa shape index (κ2) is 6.29. The topological polar surface area (TPSA) is 68.4 Å². The molecule has 3 heterocycles. The molecule has 1 unspecified atom stereocenters. The number of likely N-dealkylation sites (tertiary alicyclic amines) is 1.